The Kier molecular flexibility index (Phi) is 48.7. The van der Waals surface area contributed by atoms with Crippen molar-refractivity contribution in [3.63, 3.8) is 0 Å². The van der Waals surface area contributed by atoms with Crippen molar-refractivity contribution in [3.8, 4) is 23.0 Å². The number of phenolic OH excluding ortho intramolecular Hbond substituents is 2. The summed E-state index contributed by atoms with van der Waals surface area (Å²) in [6.07, 6.45) is 17.8. The van der Waals surface area contributed by atoms with Crippen molar-refractivity contribution in [1.29, 1.82) is 0 Å². The minimum absolute atomic E-state index is 0. The summed E-state index contributed by atoms with van der Waals surface area (Å²) in [5.74, 6) is -0.895. The number of carbonyl (C=O) groups is 5. The van der Waals surface area contributed by atoms with E-state index in [1.165, 1.54) is 55.7 Å². The van der Waals surface area contributed by atoms with Crippen LogP contribution in [0.15, 0.2) is 102 Å². The zero-order valence-corrected chi connectivity index (χ0v) is 75.1. The summed E-state index contributed by atoms with van der Waals surface area (Å²) in [4.78, 5) is 77.8. The lowest BCUT2D eigenvalue weighted by atomic mass is 9.72. The summed E-state index contributed by atoms with van der Waals surface area (Å²) in [5.41, 5.74) is 3.70. The highest BCUT2D eigenvalue weighted by Gasteiger charge is 2.40. The molecule has 4 fully saturated rings. The van der Waals surface area contributed by atoms with Crippen molar-refractivity contribution >= 4 is 108 Å². The van der Waals surface area contributed by atoms with E-state index >= 15 is 0 Å². The molecule has 0 aliphatic carbocycles. The summed E-state index contributed by atoms with van der Waals surface area (Å²) in [5, 5.41) is 60.8. The van der Waals surface area contributed by atoms with Gasteiger partial charge in [-0.1, -0.05) is 143 Å². The summed E-state index contributed by atoms with van der Waals surface area (Å²) in [6.45, 7) is 41.5. The van der Waals surface area contributed by atoms with Gasteiger partial charge in [0, 0.05) is 34.7 Å². The first-order valence-electron chi connectivity index (χ1n) is 39.6. The van der Waals surface area contributed by atoms with Crippen LogP contribution in [0.3, 0.4) is 0 Å². The number of benzene rings is 4. The number of rotatable bonds is 21. The molecule has 0 bridgehead atoms. The average Bonchev–Trinajstić information content (AvgIpc) is 1.40. The van der Waals surface area contributed by atoms with Gasteiger partial charge in [0.1, 0.15) is 46.3 Å². The van der Waals surface area contributed by atoms with E-state index in [1.54, 1.807) is 93.5 Å². The van der Waals surface area contributed by atoms with Crippen LogP contribution in [0.1, 0.15) is 236 Å². The molecule has 28 heteroatoms. The molecule has 22 nitrogen and oxygen atoms in total. The van der Waals surface area contributed by atoms with Crippen molar-refractivity contribution < 1.29 is 73.1 Å². The van der Waals surface area contributed by atoms with Crippen LogP contribution in [-0.4, -0.2) is 167 Å². The quantitative estimate of drug-likeness (QED) is 0.0162. The highest BCUT2D eigenvalue weighted by molar-refractivity contribution is 8.93. The van der Waals surface area contributed by atoms with Gasteiger partial charge in [-0.3, -0.25) is 0 Å². The van der Waals surface area contributed by atoms with Crippen molar-refractivity contribution in [1.82, 2.24) is 30.9 Å². The second-order valence-corrected chi connectivity index (χ2v) is 32.9. The highest BCUT2D eigenvalue weighted by atomic mass is 79.9. The Morgan fingerprint density at radius 1 is 0.518 bits per heavy atom. The number of amides is 2. The number of nitrogens with zero attached hydrogens (tertiary/aromatic N) is 3. The smallest absolute Gasteiger partial charge is 0.413 e. The Morgan fingerprint density at radius 2 is 0.857 bits per heavy atom. The first-order chi connectivity index (χ1) is 50.9. The molecule has 0 radical (unpaired) electrons. The van der Waals surface area contributed by atoms with Gasteiger partial charge in [0.15, 0.2) is 6.04 Å². The van der Waals surface area contributed by atoms with Crippen molar-refractivity contribution in [2.24, 2.45) is 22.7 Å². The van der Waals surface area contributed by atoms with E-state index in [0.717, 1.165) is 128 Å². The maximum atomic E-state index is 12.6. The number of carbonyl (C=O) groups excluding carboxylic acids is 5. The van der Waals surface area contributed by atoms with Crippen molar-refractivity contribution in [2.75, 3.05) is 52.4 Å². The normalized spacial score (nSPS) is 20.8. The third kappa shape index (κ3) is 34.6. The van der Waals surface area contributed by atoms with Gasteiger partial charge in [-0.15, -0.1) is 17.0 Å². The number of aromatic hydroxyl groups is 2. The number of isocyanates is 1. The van der Waals surface area contributed by atoms with E-state index in [0.29, 0.717) is 23.0 Å². The maximum Gasteiger partial charge on any atom is 0.413 e. The van der Waals surface area contributed by atoms with Gasteiger partial charge in [0.05, 0.1) is 0 Å². The summed E-state index contributed by atoms with van der Waals surface area (Å²) < 4.78 is 21.5. The number of aliphatic carboxylic acids is 1. The Labute approximate surface area is 702 Å². The van der Waals surface area contributed by atoms with Gasteiger partial charge in [-0.05, 0) is 260 Å². The third-order valence-electron chi connectivity index (χ3n) is 21.4. The van der Waals surface area contributed by atoms with Crippen LogP contribution in [-0.2, 0) is 50.3 Å². The Hall–Kier alpha value is -5.77. The number of hydrogen-bond acceptors (Lipinski definition) is 19. The zero-order chi connectivity index (χ0) is 80.6. The fourth-order valence-electron chi connectivity index (χ4n) is 14.8. The maximum absolute atomic E-state index is 12.6. The number of carboxylic acids is 1. The van der Waals surface area contributed by atoms with Crippen LogP contribution in [0.5, 0.6) is 23.0 Å². The summed E-state index contributed by atoms with van der Waals surface area (Å²) >= 11 is 0. The number of ether oxygens (including phenoxy) is 4. The van der Waals surface area contributed by atoms with Gasteiger partial charge >= 0.3 is 44.2 Å². The molecule has 4 unspecified atom stereocenters. The summed E-state index contributed by atoms with van der Waals surface area (Å²) in [7, 11) is -0.901. The molecule has 4 aliphatic rings. The molecule has 112 heavy (non-hydrogen) atoms. The van der Waals surface area contributed by atoms with Gasteiger partial charge in [-0.25, -0.2) is 28.8 Å². The second kappa shape index (κ2) is 51.3. The number of esters is 2. The molecule has 4 aromatic carbocycles. The molecule has 7 atom stereocenters. The molecule has 0 saturated carbocycles. The van der Waals surface area contributed by atoms with Crippen LogP contribution in [0, 0.1) is 17.8 Å². The van der Waals surface area contributed by atoms with Gasteiger partial charge < -0.3 is 75.2 Å². The van der Waals surface area contributed by atoms with Gasteiger partial charge in [0.25, 0.3) is 0 Å². The molecule has 0 spiro atoms. The fourth-order valence-corrected chi connectivity index (χ4v) is 14.8. The Balaban J connectivity index is 0.00000141. The molecule has 8 rings (SSSR count). The molecular weight excluding hydrogens is 1540 g/mol. The van der Waals surface area contributed by atoms with E-state index in [2.05, 4.69) is 87.8 Å². The zero-order valence-electron chi connectivity index (χ0n) is 70.4. The number of aliphatic imine (C=N–C) groups is 1. The molecule has 4 aromatic rings. The minimum atomic E-state index is -1.07. The van der Waals surface area contributed by atoms with Crippen LogP contribution >= 0.6 is 57.5 Å². The predicted molar refractivity (Wildman–Crippen MR) is 472 cm³/mol. The number of nitrogens with one attached hydrogen (secondary N) is 4. The summed E-state index contributed by atoms with van der Waals surface area (Å²) in [6, 6.07) is 28.1. The Bertz CT molecular complexity index is 3480. The van der Waals surface area contributed by atoms with Crippen LogP contribution in [0.2, 0.25) is 13.6 Å². The monoisotopic (exact) mass is 1680 g/mol. The lowest BCUT2D eigenvalue weighted by Crippen LogP contribution is -2.48. The first-order valence-corrected chi connectivity index (χ1v) is 39.6. The number of hydrogen-bond donors (Lipinski definition) is 9. The minimum Gasteiger partial charge on any atom is -0.508 e. The molecule has 4 saturated heterocycles. The third-order valence-corrected chi connectivity index (χ3v) is 21.4. The van der Waals surface area contributed by atoms with Crippen LogP contribution < -0.4 is 30.7 Å². The van der Waals surface area contributed by atoms with Gasteiger partial charge in [0.2, 0.25) is 6.08 Å². The van der Waals surface area contributed by atoms with Crippen LogP contribution in [0.25, 0.3) is 0 Å². The van der Waals surface area contributed by atoms with Gasteiger partial charge in [-0.2, -0.15) is 45.5 Å². The number of carboxylic acid groups (broad SMARTS) is 1. The van der Waals surface area contributed by atoms with Crippen molar-refractivity contribution in [2.45, 2.75) is 278 Å². The van der Waals surface area contributed by atoms with E-state index < -0.39 is 73.5 Å². The number of halogens is 1. The van der Waals surface area contributed by atoms with E-state index in [1.807, 2.05) is 76.0 Å². The fraction of sp³-hybridized carbons (Fsp3) is 0.643. The van der Waals surface area contributed by atoms with E-state index in [9.17, 15) is 54.1 Å². The van der Waals surface area contributed by atoms with Crippen molar-refractivity contribution in [3.05, 3.63) is 119 Å². The number of phenols is 2. The largest absolute Gasteiger partial charge is 0.508 e. The van der Waals surface area contributed by atoms with E-state index in [-0.39, 0.29) is 96.9 Å². The molecule has 9 N–H and O–H groups in total. The average molecular weight is 1690 g/mol. The molecule has 2 amide bonds. The first kappa shape index (κ1) is 106. The lowest BCUT2D eigenvalue weighted by molar-refractivity contribution is -0.159. The van der Waals surface area contributed by atoms with Crippen LogP contribution in [0.4, 0.5) is 9.59 Å². The second-order valence-electron chi connectivity index (χ2n) is 32.9. The molecule has 632 valence electrons. The SMILES string of the molecule is Br.CC(C)[C@H](N=C=O)C(=O)OC(C)(C)C.CCC1(c2cccc(O)c2)CCCCN(B(C)O)C1.CCC1(c2cccc(O)c2)CCCCNC1.CCC1(c2cccc(OC(=O)N[C@H](C(=O)O)C(C)C)c2)CCCCNC1.CCC1(c2cccc(OC(=O)N[C@H](C(=O)OC(C)(C)C)C(C)C)c2)CCCCN(B(C)O)C1.S.S.S. The Morgan fingerprint density at radius 3 is 1.20 bits per heavy atom. The highest BCUT2D eigenvalue weighted by Crippen LogP contribution is 2.41. The molecule has 4 heterocycles. The molecule has 0 aromatic heterocycles. The predicted octanol–water partition coefficient (Wildman–Crippen LogP) is 15.7. The van der Waals surface area contributed by atoms with E-state index in [4.69, 9.17) is 18.9 Å². The lowest BCUT2D eigenvalue weighted by Gasteiger charge is -2.37. The molecule has 4 aliphatic heterocycles. The topological polar surface area (TPSA) is 307 Å². The standard InChI is InChI=1S/C25H41BN2O5.C20H30N2O4.C15H24BNO2.C14H21NO.C10H17NO3.BrH.3H2S/c1-8-25(14-9-10-15-28(17-25)26(7)31)19-12-11-13-20(16-19)32-23(30)27-21(18(2)3)22(29)33-24(4,5)6;1-4-20(10-5-6-11-21-13-20)15-8-7-9-16(12-15)26-19(25)22-17(14(2)3)18(23)24;1-3-15(13-7-6-8-14(18)11-13)9-4-5-10-17(12-15)16(2)19;1-2-14(8-3-4-9-15-11-14)12-6-5-7-13(16)10-12;1-7(2)8(11-6-12)9(13)14-10(3,4)5;;;;/h11-13,16,18,21,31H,8-10,14-15,17H2,1-7H3,(H,27,30);7-9,12,14,17,21H,4-6,10-11,13H2,1-3H3,(H,22,25)(H,23,24);6-8,11,18-19H,3-5,9-10,12H2,1-2H3;5-7,10,15-16H,2-4,8-9,11H2,1H3;7-8H,1-5H3;1H;3*1H2/t21-,25?;17-,20?;;;8-;;;;/m00..0..../s1. The molecular formula is C84H140B2BrN7O15S3.